The average molecular weight is 264 g/mol. The molecule has 4 heteroatoms. The van der Waals surface area contributed by atoms with Crippen LogP contribution in [-0.2, 0) is 11.2 Å². The first-order chi connectivity index (χ1) is 9.10. The highest BCUT2D eigenvalue weighted by Gasteiger charge is 2.26. The number of hydrogen-bond donors (Lipinski definition) is 1. The zero-order valence-electron chi connectivity index (χ0n) is 12.1. The second-order valence-electron chi connectivity index (χ2n) is 5.22. The van der Waals surface area contributed by atoms with Gasteiger partial charge < -0.3 is 14.6 Å². The lowest BCUT2D eigenvalue weighted by atomic mass is 9.95. The third kappa shape index (κ3) is 2.54. The van der Waals surface area contributed by atoms with Crippen LogP contribution in [0.3, 0.4) is 0 Å². The molecular formula is C15H24N2O2. The van der Waals surface area contributed by atoms with E-state index in [9.17, 15) is 9.90 Å². The lowest BCUT2D eigenvalue weighted by molar-refractivity contribution is -0.133. The minimum atomic E-state index is -0.360. The molecule has 0 aliphatic heterocycles. The van der Waals surface area contributed by atoms with Crippen molar-refractivity contribution in [3.05, 3.63) is 23.5 Å². The van der Waals surface area contributed by atoms with E-state index < -0.39 is 0 Å². The van der Waals surface area contributed by atoms with E-state index in [-0.39, 0.29) is 18.1 Å². The van der Waals surface area contributed by atoms with Crippen molar-refractivity contribution in [2.45, 2.75) is 52.2 Å². The molecular weight excluding hydrogens is 240 g/mol. The minimum Gasteiger partial charge on any atom is -0.388 e. The number of aliphatic hydroxyl groups is 1. The number of carbonyl (C=O) groups excluding carboxylic acids is 1. The summed E-state index contributed by atoms with van der Waals surface area (Å²) in [5.41, 5.74) is 2.14. The van der Waals surface area contributed by atoms with Gasteiger partial charge in [-0.05, 0) is 46.1 Å². The fraction of sp³-hybridized carbons (Fsp3) is 0.667. The van der Waals surface area contributed by atoms with Gasteiger partial charge in [0.1, 0.15) is 6.04 Å². The number of aromatic nitrogens is 1. The van der Waals surface area contributed by atoms with E-state index in [1.807, 2.05) is 42.5 Å². The molecule has 0 bridgehead atoms. The zero-order valence-corrected chi connectivity index (χ0v) is 12.1. The Morgan fingerprint density at radius 3 is 2.84 bits per heavy atom. The number of likely N-dealkylation sites (N-methyl/N-ethyl adjacent to an activating group) is 1. The molecule has 19 heavy (non-hydrogen) atoms. The first-order valence-corrected chi connectivity index (χ1v) is 7.26. The van der Waals surface area contributed by atoms with Crippen LogP contribution in [0.25, 0.3) is 0 Å². The van der Waals surface area contributed by atoms with Gasteiger partial charge >= 0.3 is 0 Å². The summed E-state index contributed by atoms with van der Waals surface area (Å²) < 4.78 is 2.04. The summed E-state index contributed by atoms with van der Waals surface area (Å²) in [5, 5.41) is 9.99. The number of nitrogens with zero attached hydrogens (tertiary/aromatic N) is 2. The average Bonchev–Trinajstić information content (AvgIpc) is 2.84. The SMILES string of the molecule is CCN(CC)C(=O)C(C)n1ccc2c1CCCC2O. The largest absolute Gasteiger partial charge is 0.388 e. The van der Waals surface area contributed by atoms with Crippen molar-refractivity contribution >= 4 is 5.91 Å². The Morgan fingerprint density at radius 1 is 1.53 bits per heavy atom. The van der Waals surface area contributed by atoms with Crippen molar-refractivity contribution in [3.63, 3.8) is 0 Å². The smallest absolute Gasteiger partial charge is 0.245 e. The highest BCUT2D eigenvalue weighted by atomic mass is 16.3. The standard InChI is InChI=1S/C15H24N2O2/c1-4-16(5-2)15(19)11(3)17-10-9-12-13(17)7-6-8-14(12)18/h9-11,14,18H,4-8H2,1-3H3. The number of fused-ring (bicyclic) bond motifs is 1. The Balaban J connectivity index is 2.25. The molecule has 0 saturated heterocycles. The van der Waals surface area contributed by atoms with E-state index >= 15 is 0 Å². The van der Waals surface area contributed by atoms with Crippen LogP contribution >= 0.6 is 0 Å². The Kier molecular flexibility index (Phi) is 4.30. The molecule has 0 spiro atoms. The molecule has 2 atom stereocenters. The number of hydrogen-bond acceptors (Lipinski definition) is 2. The van der Waals surface area contributed by atoms with E-state index in [0.29, 0.717) is 0 Å². The van der Waals surface area contributed by atoms with Crippen molar-refractivity contribution < 1.29 is 9.90 Å². The third-order valence-corrected chi connectivity index (χ3v) is 4.16. The molecule has 1 aliphatic rings. The van der Waals surface area contributed by atoms with Gasteiger partial charge in [-0.2, -0.15) is 0 Å². The van der Waals surface area contributed by atoms with Crippen molar-refractivity contribution in [3.8, 4) is 0 Å². The monoisotopic (exact) mass is 264 g/mol. The van der Waals surface area contributed by atoms with Gasteiger partial charge in [-0.25, -0.2) is 0 Å². The van der Waals surface area contributed by atoms with Crippen molar-refractivity contribution in [2.24, 2.45) is 0 Å². The van der Waals surface area contributed by atoms with Crippen LogP contribution in [0.5, 0.6) is 0 Å². The van der Waals surface area contributed by atoms with Crippen LogP contribution in [0.4, 0.5) is 0 Å². The molecule has 106 valence electrons. The van der Waals surface area contributed by atoms with Crippen LogP contribution in [-0.4, -0.2) is 33.6 Å². The van der Waals surface area contributed by atoms with Crippen molar-refractivity contribution in [2.75, 3.05) is 13.1 Å². The van der Waals surface area contributed by atoms with Crippen LogP contribution in [0.2, 0.25) is 0 Å². The summed E-state index contributed by atoms with van der Waals surface area (Å²) in [4.78, 5) is 14.3. The maximum absolute atomic E-state index is 12.4. The zero-order chi connectivity index (χ0) is 14.0. The highest BCUT2D eigenvalue weighted by molar-refractivity contribution is 5.80. The molecule has 2 rings (SSSR count). The molecule has 1 N–H and O–H groups in total. The Morgan fingerprint density at radius 2 is 2.21 bits per heavy atom. The van der Waals surface area contributed by atoms with Gasteiger partial charge in [0.15, 0.2) is 0 Å². The van der Waals surface area contributed by atoms with Gasteiger partial charge in [0.2, 0.25) is 5.91 Å². The molecule has 1 heterocycles. The summed E-state index contributed by atoms with van der Waals surface area (Å²) in [7, 11) is 0. The van der Waals surface area contributed by atoms with Crippen LogP contribution < -0.4 is 0 Å². The fourth-order valence-corrected chi connectivity index (χ4v) is 2.97. The molecule has 1 aliphatic carbocycles. The predicted molar refractivity (Wildman–Crippen MR) is 75.0 cm³/mol. The Labute approximate surface area is 115 Å². The maximum Gasteiger partial charge on any atom is 0.245 e. The molecule has 0 fully saturated rings. The molecule has 0 radical (unpaired) electrons. The van der Waals surface area contributed by atoms with Gasteiger partial charge in [-0.1, -0.05) is 0 Å². The first-order valence-electron chi connectivity index (χ1n) is 7.26. The molecule has 0 aromatic carbocycles. The molecule has 0 saturated carbocycles. The normalized spacial score (nSPS) is 19.9. The highest BCUT2D eigenvalue weighted by Crippen LogP contribution is 2.32. The third-order valence-electron chi connectivity index (χ3n) is 4.16. The number of aliphatic hydroxyl groups excluding tert-OH is 1. The number of amides is 1. The van der Waals surface area contributed by atoms with E-state index in [4.69, 9.17) is 0 Å². The lowest BCUT2D eigenvalue weighted by Crippen LogP contribution is -2.36. The van der Waals surface area contributed by atoms with E-state index in [1.165, 1.54) is 0 Å². The van der Waals surface area contributed by atoms with Gasteiger partial charge in [-0.15, -0.1) is 0 Å². The van der Waals surface area contributed by atoms with Gasteiger partial charge in [0.05, 0.1) is 6.10 Å². The Hall–Kier alpha value is -1.29. The first kappa shape index (κ1) is 14.1. The van der Waals surface area contributed by atoms with Crippen molar-refractivity contribution in [1.29, 1.82) is 0 Å². The van der Waals surface area contributed by atoms with Gasteiger partial charge in [0, 0.05) is 30.5 Å². The minimum absolute atomic E-state index is 0.156. The summed E-state index contributed by atoms with van der Waals surface area (Å²) in [6, 6.07) is 1.78. The molecule has 4 nitrogen and oxygen atoms in total. The fourth-order valence-electron chi connectivity index (χ4n) is 2.97. The molecule has 1 amide bonds. The quantitative estimate of drug-likeness (QED) is 0.907. The van der Waals surface area contributed by atoms with Crippen molar-refractivity contribution in [1.82, 2.24) is 9.47 Å². The maximum atomic E-state index is 12.4. The number of rotatable bonds is 4. The van der Waals surface area contributed by atoms with E-state index in [1.54, 1.807) is 0 Å². The van der Waals surface area contributed by atoms with Gasteiger partial charge in [-0.3, -0.25) is 4.79 Å². The predicted octanol–water partition coefficient (Wildman–Crippen LogP) is 2.29. The topological polar surface area (TPSA) is 45.5 Å². The van der Waals surface area contributed by atoms with E-state index in [2.05, 4.69) is 0 Å². The second kappa shape index (κ2) is 5.78. The van der Waals surface area contributed by atoms with E-state index in [0.717, 1.165) is 43.6 Å². The molecule has 2 unspecified atom stereocenters. The van der Waals surface area contributed by atoms with Crippen LogP contribution in [0.1, 0.15) is 57.0 Å². The number of carbonyl (C=O) groups is 1. The second-order valence-corrected chi connectivity index (χ2v) is 5.22. The van der Waals surface area contributed by atoms with Gasteiger partial charge in [0.25, 0.3) is 0 Å². The van der Waals surface area contributed by atoms with Crippen LogP contribution in [0.15, 0.2) is 12.3 Å². The summed E-state index contributed by atoms with van der Waals surface area (Å²) >= 11 is 0. The lowest BCUT2D eigenvalue weighted by Gasteiger charge is -2.27. The molecule has 1 aromatic rings. The summed E-state index contributed by atoms with van der Waals surface area (Å²) in [5.74, 6) is 0.156. The Bertz CT molecular complexity index is 449. The summed E-state index contributed by atoms with van der Waals surface area (Å²) in [6.07, 6.45) is 4.36. The molecule has 1 aromatic heterocycles. The van der Waals surface area contributed by atoms with Crippen LogP contribution in [0, 0.1) is 0 Å². The summed E-state index contributed by atoms with van der Waals surface area (Å²) in [6.45, 7) is 7.44.